The van der Waals surface area contributed by atoms with Crippen LogP contribution in [0.2, 0.25) is 0 Å². The van der Waals surface area contributed by atoms with Gasteiger partial charge in [0.1, 0.15) is 12.4 Å². The molecule has 23 heavy (non-hydrogen) atoms. The molecule has 1 aromatic rings. The molecule has 2 aliphatic rings. The van der Waals surface area contributed by atoms with Crippen LogP contribution in [-0.2, 0) is 9.53 Å². The number of piperidine rings is 2. The highest BCUT2D eigenvalue weighted by Crippen LogP contribution is 2.36. The predicted molar refractivity (Wildman–Crippen MR) is 89.2 cm³/mol. The first kappa shape index (κ1) is 16.5. The number of hydrogen-bond acceptors (Lipinski definition) is 3. The molecule has 0 amide bonds. The van der Waals surface area contributed by atoms with Crippen molar-refractivity contribution in [3.63, 3.8) is 0 Å². The summed E-state index contributed by atoms with van der Waals surface area (Å²) in [6, 6.07) is 9.88. The first-order valence-corrected chi connectivity index (χ1v) is 8.85. The Hall–Kier alpha value is -1.39. The van der Waals surface area contributed by atoms with Gasteiger partial charge in [-0.1, -0.05) is 18.2 Å². The third kappa shape index (κ3) is 4.12. The Morgan fingerprint density at radius 1 is 1.13 bits per heavy atom. The number of nitrogens with zero attached hydrogens (tertiary/aromatic N) is 1. The Labute approximate surface area is 139 Å². The highest BCUT2D eigenvalue weighted by molar-refractivity contribution is 5.73. The molecule has 3 rings (SSSR count). The molecule has 0 N–H and O–H groups in total. The SMILES string of the molecule is C[N@+]12CCCC[C@@H]1[C@@H](COCC(=O)Oc1ccccc1)CCC2. The van der Waals surface area contributed by atoms with Crippen molar-refractivity contribution in [3.05, 3.63) is 30.3 Å². The summed E-state index contributed by atoms with van der Waals surface area (Å²) in [5.74, 6) is 0.849. The maximum Gasteiger partial charge on any atom is 0.337 e. The third-order valence-corrected chi connectivity index (χ3v) is 5.53. The Morgan fingerprint density at radius 2 is 1.91 bits per heavy atom. The molecule has 0 bridgehead atoms. The number of rotatable bonds is 5. The molecule has 4 heteroatoms. The number of carbonyl (C=O) groups excluding carboxylic acids is 1. The van der Waals surface area contributed by atoms with Gasteiger partial charge in [0.25, 0.3) is 0 Å². The fraction of sp³-hybridized carbons (Fsp3) is 0.632. The van der Waals surface area contributed by atoms with Gasteiger partial charge in [0.2, 0.25) is 0 Å². The van der Waals surface area contributed by atoms with Crippen molar-refractivity contribution in [2.45, 2.75) is 38.1 Å². The van der Waals surface area contributed by atoms with Crippen LogP contribution >= 0.6 is 0 Å². The van der Waals surface area contributed by atoms with Crippen LogP contribution < -0.4 is 4.74 Å². The van der Waals surface area contributed by atoms with Gasteiger partial charge in [-0.05, 0) is 37.8 Å². The summed E-state index contributed by atoms with van der Waals surface area (Å²) in [5, 5.41) is 0. The quantitative estimate of drug-likeness (QED) is 0.475. The maximum atomic E-state index is 11.8. The summed E-state index contributed by atoms with van der Waals surface area (Å²) >= 11 is 0. The van der Waals surface area contributed by atoms with Crippen molar-refractivity contribution in [3.8, 4) is 5.75 Å². The smallest absolute Gasteiger partial charge is 0.337 e. The number of hydrogen-bond donors (Lipinski definition) is 0. The average molecular weight is 318 g/mol. The number of esters is 1. The topological polar surface area (TPSA) is 35.5 Å². The van der Waals surface area contributed by atoms with Crippen LogP contribution in [0.4, 0.5) is 0 Å². The summed E-state index contributed by atoms with van der Waals surface area (Å²) in [4.78, 5) is 11.8. The molecule has 0 radical (unpaired) electrons. The van der Waals surface area contributed by atoms with Crippen LogP contribution in [-0.4, -0.2) is 49.8 Å². The van der Waals surface area contributed by atoms with Crippen molar-refractivity contribution in [2.24, 2.45) is 5.92 Å². The molecule has 4 nitrogen and oxygen atoms in total. The number of para-hydroxylation sites is 1. The van der Waals surface area contributed by atoms with E-state index in [1.807, 2.05) is 18.2 Å². The van der Waals surface area contributed by atoms with Crippen molar-refractivity contribution in [1.29, 1.82) is 0 Å². The van der Waals surface area contributed by atoms with E-state index in [2.05, 4.69) is 7.05 Å². The van der Waals surface area contributed by atoms with Crippen LogP contribution in [0.25, 0.3) is 0 Å². The van der Waals surface area contributed by atoms with Gasteiger partial charge >= 0.3 is 5.97 Å². The van der Waals surface area contributed by atoms with Gasteiger partial charge in [0, 0.05) is 12.3 Å². The second-order valence-electron chi connectivity index (χ2n) is 7.19. The molecule has 126 valence electrons. The van der Waals surface area contributed by atoms with E-state index in [1.54, 1.807) is 12.1 Å². The number of carbonyl (C=O) groups is 1. The minimum atomic E-state index is -0.312. The highest BCUT2D eigenvalue weighted by Gasteiger charge is 2.43. The van der Waals surface area contributed by atoms with Gasteiger partial charge in [0.15, 0.2) is 0 Å². The molecule has 0 aliphatic carbocycles. The molecule has 2 fully saturated rings. The number of quaternary nitrogens is 1. The highest BCUT2D eigenvalue weighted by atomic mass is 16.6. The molecule has 1 aromatic carbocycles. The summed E-state index contributed by atoms with van der Waals surface area (Å²) in [5.41, 5.74) is 0. The Bertz CT molecular complexity index is 515. The van der Waals surface area contributed by atoms with E-state index in [4.69, 9.17) is 9.47 Å². The number of fused-ring (bicyclic) bond motifs is 1. The minimum absolute atomic E-state index is 0.0435. The van der Waals surface area contributed by atoms with Gasteiger partial charge in [-0.15, -0.1) is 0 Å². The van der Waals surface area contributed by atoms with E-state index in [-0.39, 0.29) is 12.6 Å². The Morgan fingerprint density at radius 3 is 2.74 bits per heavy atom. The molecule has 0 saturated carbocycles. The first-order chi connectivity index (χ1) is 11.2. The van der Waals surface area contributed by atoms with Crippen molar-refractivity contribution in [2.75, 3.05) is 33.4 Å². The Kier molecular flexibility index (Phi) is 5.34. The normalized spacial score (nSPS) is 30.5. The molecule has 2 aliphatic heterocycles. The summed E-state index contributed by atoms with van der Waals surface area (Å²) in [6.45, 7) is 3.33. The minimum Gasteiger partial charge on any atom is -0.425 e. The molecular weight excluding hydrogens is 290 g/mol. The monoisotopic (exact) mass is 318 g/mol. The van der Waals surface area contributed by atoms with Crippen LogP contribution in [0.1, 0.15) is 32.1 Å². The number of ether oxygens (including phenoxy) is 2. The zero-order valence-corrected chi connectivity index (χ0v) is 14.1. The molecule has 0 unspecified atom stereocenters. The lowest BCUT2D eigenvalue weighted by Crippen LogP contribution is -2.61. The lowest BCUT2D eigenvalue weighted by Gasteiger charge is -2.51. The van der Waals surface area contributed by atoms with Gasteiger partial charge in [-0.2, -0.15) is 0 Å². The van der Waals surface area contributed by atoms with Gasteiger partial charge in [-0.3, -0.25) is 0 Å². The van der Waals surface area contributed by atoms with Gasteiger partial charge in [-0.25, -0.2) is 4.79 Å². The van der Waals surface area contributed by atoms with E-state index >= 15 is 0 Å². The zero-order valence-electron chi connectivity index (χ0n) is 14.1. The maximum absolute atomic E-state index is 11.8. The summed E-state index contributed by atoms with van der Waals surface area (Å²) < 4.78 is 12.2. The molecule has 2 saturated heterocycles. The van der Waals surface area contributed by atoms with Gasteiger partial charge in [0.05, 0.1) is 32.8 Å². The molecule has 0 aromatic heterocycles. The van der Waals surface area contributed by atoms with Gasteiger partial charge < -0.3 is 14.0 Å². The van der Waals surface area contributed by atoms with E-state index in [9.17, 15) is 4.79 Å². The van der Waals surface area contributed by atoms with Crippen LogP contribution in [0, 0.1) is 5.92 Å². The fourth-order valence-electron chi connectivity index (χ4n) is 4.37. The van der Waals surface area contributed by atoms with Crippen molar-refractivity contribution < 1.29 is 18.8 Å². The summed E-state index contributed by atoms with van der Waals surface area (Å²) in [6.07, 6.45) is 6.50. The van der Waals surface area contributed by atoms with Crippen LogP contribution in [0.3, 0.4) is 0 Å². The Balaban J connectivity index is 1.45. The summed E-state index contributed by atoms with van der Waals surface area (Å²) in [7, 11) is 2.40. The largest absolute Gasteiger partial charge is 0.425 e. The zero-order chi connectivity index (χ0) is 16.1. The van der Waals surface area contributed by atoms with Crippen LogP contribution in [0.5, 0.6) is 5.75 Å². The third-order valence-electron chi connectivity index (χ3n) is 5.53. The number of benzene rings is 1. The van der Waals surface area contributed by atoms with E-state index in [1.165, 1.54) is 49.7 Å². The van der Waals surface area contributed by atoms with Crippen molar-refractivity contribution in [1.82, 2.24) is 0 Å². The van der Waals surface area contributed by atoms with E-state index in [0.717, 1.165) is 0 Å². The second-order valence-corrected chi connectivity index (χ2v) is 7.19. The first-order valence-electron chi connectivity index (χ1n) is 8.85. The van der Waals surface area contributed by atoms with Crippen LogP contribution in [0.15, 0.2) is 30.3 Å². The lowest BCUT2D eigenvalue weighted by atomic mass is 9.82. The predicted octanol–water partition coefficient (Wildman–Crippen LogP) is 3.02. The van der Waals surface area contributed by atoms with Crippen molar-refractivity contribution >= 4 is 5.97 Å². The molecule has 2 heterocycles. The fourth-order valence-corrected chi connectivity index (χ4v) is 4.37. The van der Waals surface area contributed by atoms with E-state index in [0.29, 0.717) is 24.3 Å². The standard InChI is InChI=1S/C19H28NO3/c1-20-12-6-5-11-18(20)16(8-7-13-20)14-22-15-19(21)23-17-9-3-2-4-10-17/h2-4,9-10,16,18H,5-8,11-15H2,1H3/q+1/t16-,18-,20-/m1/s1. The molecule has 3 atom stereocenters. The average Bonchev–Trinajstić information content (AvgIpc) is 2.55. The second kappa shape index (κ2) is 7.45. The lowest BCUT2D eigenvalue weighted by molar-refractivity contribution is -0.947. The molecule has 0 spiro atoms. The molecular formula is C19H28NO3+. The van der Waals surface area contributed by atoms with E-state index < -0.39 is 0 Å².